The zero-order valence-corrected chi connectivity index (χ0v) is 7.26. The molecular weight excluding hydrogens is 168 g/mol. The van der Waals surface area contributed by atoms with Gasteiger partial charge in [-0.05, 0) is 18.0 Å². The standard InChI is InChI=1S/C7H11ClO3/c1-4(6(8)9)3-5(2)7(10)11/h4-5H,3H2,1-2H3,(H,10,11)/t4-,5+/m0/s1. The summed E-state index contributed by atoms with van der Waals surface area (Å²) in [4.78, 5) is 20.8. The molecular formula is C7H11ClO3. The molecule has 11 heavy (non-hydrogen) atoms. The van der Waals surface area contributed by atoms with Crippen molar-refractivity contribution in [1.82, 2.24) is 0 Å². The third-order valence-electron chi connectivity index (χ3n) is 1.52. The number of hydrogen-bond acceptors (Lipinski definition) is 2. The lowest BCUT2D eigenvalue weighted by Gasteiger charge is -2.08. The molecule has 64 valence electrons. The van der Waals surface area contributed by atoms with Gasteiger partial charge in [0.1, 0.15) is 0 Å². The molecule has 0 radical (unpaired) electrons. The highest BCUT2D eigenvalue weighted by molar-refractivity contribution is 6.63. The van der Waals surface area contributed by atoms with Crippen molar-refractivity contribution in [2.45, 2.75) is 20.3 Å². The summed E-state index contributed by atoms with van der Waals surface area (Å²) in [5.74, 6) is -1.77. The first-order chi connectivity index (χ1) is 4.95. The van der Waals surface area contributed by atoms with Crippen molar-refractivity contribution in [2.24, 2.45) is 11.8 Å². The molecule has 0 saturated heterocycles. The second-order valence-electron chi connectivity index (χ2n) is 2.68. The lowest BCUT2D eigenvalue weighted by molar-refractivity contribution is -0.141. The van der Waals surface area contributed by atoms with Crippen molar-refractivity contribution < 1.29 is 14.7 Å². The van der Waals surface area contributed by atoms with Crippen LogP contribution in [0.3, 0.4) is 0 Å². The number of carboxylic acids is 1. The van der Waals surface area contributed by atoms with E-state index in [-0.39, 0.29) is 5.92 Å². The summed E-state index contributed by atoms with van der Waals surface area (Å²) < 4.78 is 0. The summed E-state index contributed by atoms with van der Waals surface area (Å²) in [6.07, 6.45) is 0.303. The van der Waals surface area contributed by atoms with Crippen LogP contribution in [0.4, 0.5) is 0 Å². The smallest absolute Gasteiger partial charge is 0.306 e. The normalized spacial score (nSPS) is 15.5. The Hall–Kier alpha value is -0.570. The fraction of sp³-hybridized carbons (Fsp3) is 0.714. The van der Waals surface area contributed by atoms with Crippen LogP contribution in [0.15, 0.2) is 0 Å². The van der Waals surface area contributed by atoms with Gasteiger partial charge in [-0.15, -0.1) is 0 Å². The van der Waals surface area contributed by atoms with E-state index in [0.29, 0.717) is 6.42 Å². The fourth-order valence-corrected chi connectivity index (χ4v) is 0.813. The number of carboxylic acid groups (broad SMARTS) is 1. The molecule has 0 aliphatic rings. The predicted octanol–water partition coefficient (Wildman–Crippen LogP) is 1.50. The number of hydrogen-bond donors (Lipinski definition) is 1. The number of carbonyl (C=O) groups excluding carboxylic acids is 1. The van der Waals surface area contributed by atoms with Gasteiger partial charge < -0.3 is 5.11 Å². The molecule has 0 aromatic rings. The van der Waals surface area contributed by atoms with E-state index >= 15 is 0 Å². The van der Waals surface area contributed by atoms with Crippen molar-refractivity contribution in [3.63, 3.8) is 0 Å². The molecule has 2 atom stereocenters. The Morgan fingerprint density at radius 2 is 1.82 bits per heavy atom. The molecule has 0 aliphatic carbocycles. The molecule has 0 bridgehead atoms. The van der Waals surface area contributed by atoms with E-state index in [9.17, 15) is 9.59 Å². The molecule has 0 saturated carbocycles. The molecule has 0 rings (SSSR count). The molecule has 4 heteroatoms. The summed E-state index contributed by atoms with van der Waals surface area (Å²) in [6, 6.07) is 0. The number of rotatable bonds is 4. The molecule has 0 spiro atoms. The second kappa shape index (κ2) is 4.34. The van der Waals surface area contributed by atoms with Gasteiger partial charge in [0, 0.05) is 5.92 Å². The van der Waals surface area contributed by atoms with Gasteiger partial charge in [0.25, 0.3) is 0 Å². The zero-order valence-electron chi connectivity index (χ0n) is 6.50. The third-order valence-corrected chi connectivity index (χ3v) is 1.89. The number of halogens is 1. The lowest BCUT2D eigenvalue weighted by Crippen LogP contribution is -2.16. The molecule has 0 fully saturated rings. The maximum atomic E-state index is 10.5. The highest BCUT2D eigenvalue weighted by Crippen LogP contribution is 2.14. The molecule has 0 aromatic carbocycles. The van der Waals surface area contributed by atoms with Crippen LogP contribution in [0.2, 0.25) is 0 Å². The first kappa shape index (κ1) is 10.4. The van der Waals surface area contributed by atoms with Crippen molar-refractivity contribution in [3.05, 3.63) is 0 Å². The molecule has 0 aliphatic heterocycles. The van der Waals surface area contributed by atoms with Gasteiger partial charge in [-0.3, -0.25) is 9.59 Å². The highest BCUT2D eigenvalue weighted by Gasteiger charge is 2.18. The molecule has 3 nitrogen and oxygen atoms in total. The van der Waals surface area contributed by atoms with Gasteiger partial charge >= 0.3 is 5.97 Å². The SMILES string of the molecule is C[C@H](C[C@H](C)C(=O)Cl)C(=O)O. The number of aliphatic carboxylic acids is 1. The van der Waals surface area contributed by atoms with Crippen LogP contribution in [0, 0.1) is 11.8 Å². The van der Waals surface area contributed by atoms with Crippen LogP contribution in [-0.4, -0.2) is 16.3 Å². The average Bonchev–Trinajstić information content (AvgIpc) is 1.87. The van der Waals surface area contributed by atoms with Gasteiger partial charge in [0.15, 0.2) is 0 Å². The van der Waals surface area contributed by atoms with E-state index in [1.165, 1.54) is 0 Å². The third kappa shape index (κ3) is 3.98. The van der Waals surface area contributed by atoms with E-state index in [1.807, 2.05) is 0 Å². The Kier molecular flexibility index (Phi) is 4.11. The monoisotopic (exact) mass is 178 g/mol. The minimum Gasteiger partial charge on any atom is -0.481 e. The van der Waals surface area contributed by atoms with Gasteiger partial charge in [-0.25, -0.2) is 0 Å². The fourth-order valence-electron chi connectivity index (χ4n) is 0.724. The van der Waals surface area contributed by atoms with Crippen molar-refractivity contribution in [1.29, 1.82) is 0 Å². The number of carbonyl (C=O) groups is 2. The highest BCUT2D eigenvalue weighted by atomic mass is 35.5. The minimum atomic E-state index is -0.894. The Morgan fingerprint density at radius 3 is 2.09 bits per heavy atom. The molecule has 0 heterocycles. The quantitative estimate of drug-likeness (QED) is 0.664. The second-order valence-corrected chi connectivity index (χ2v) is 3.05. The maximum absolute atomic E-state index is 10.5. The van der Waals surface area contributed by atoms with Crippen LogP contribution in [0.1, 0.15) is 20.3 Å². The summed E-state index contributed by atoms with van der Waals surface area (Å²) in [7, 11) is 0. The van der Waals surface area contributed by atoms with Gasteiger partial charge in [0.2, 0.25) is 5.24 Å². The first-order valence-corrected chi connectivity index (χ1v) is 3.75. The summed E-state index contributed by atoms with van der Waals surface area (Å²) in [5, 5.41) is 7.98. The van der Waals surface area contributed by atoms with Gasteiger partial charge in [-0.2, -0.15) is 0 Å². The van der Waals surface area contributed by atoms with Crippen LogP contribution in [0.5, 0.6) is 0 Å². The summed E-state index contributed by atoms with van der Waals surface area (Å²) in [5.41, 5.74) is 0. The maximum Gasteiger partial charge on any atom is 0.306 e. The van der Waals surface area contributed by atoms with Gasteiger partial charge in [-0.1, -0.05) is 13.8 Å². The van der Waals surface area contributed by atoms with Crippen molar-refractivity contribution in [3.8, 4) is 0 Å². The molecule has 0 amide bonds. The van der Waals surface area contributed by atoms with E-state index in [0.717, 1.165) is 0 Å². The van der Waals surface area contributed by atoms with E-state index in [4.69, 9.17) is 16.7 Å². The largest absolute Gasteiger partial charge is 0.481 e. The summed E-state index contributed by atoms with van der Waals surface area (Å²) >= 11 is 5.15. The Labute approximate surface area is 70.3 Å². The van der Waals surface area contributed by atoms with E-state index in [2.05, 4.69) is 0 Å². The average molecular weight is 179 g/mol. The lowest BCUT2D eigenvalue weighted by atomic mass is 9.99. The molecule has 1 N–H and O–H groups in total. The van der Waals surface area contributed by atoms with Crippen LogP contribution in [-0.2, 0) is 9.59 Å². The zero-order chi connectivity index (χ0) is 9.02. The van der Waals surface area contributed by atoms with E-state index < -0.39 is 17.1 Å². The Balaban J connectivity index is 3.84. The van der Waals surface area contributed by atoms with Crippen molar-refractivity contribution >= 4 is 22.8 Å². The Morgan fingerprint density at radius 1 is 1.36 bits per heavy atom. The summed E-state index contributed by atoms with van der Waals surface area (Å²) in [6.45, 7) is 3.17. The topological polar surface area (TPSA) is 54.4 Å². The predicted molar refractivity (Wildman–Crippen MR) is 41.4 cm³/mol. The van der Waals surface area contributed by atoms with Crippen LogP contribution < -0.4 is 0 Å². The van der Waals surface area contributed by atoms with E-state index in [1.54, 1.807) is 13.8 Å². The van der Waals surface area contributed by atoms with Crippen LogP contribution in [0.25, 0.3) is 0 Å². The molecule has 0 unspecified atom stereocenters. The minimum absolute atomic E-state index is 0.303. The van der Waals surface area contributed by atoms with Crippen LogP contribution >= 0.6 is 11.6 Å². The van der Waals surface area contributed by atoms with Gasteiger partial charge in [0.05, 0.1) is 5.92 Å². The van der Waals surface area contributed by atoms with Crippen molar-refractivity contribution in [2.75, 3.05) is 0 Å². The molecule has 0 aromatic heterocycles. The first-order valence-electron chi connectivity index (χ1n) is 3.37. The Bertz CT molecular complexity index is 149.